The zero-order valence-electron chi connectivity index (χ0n) is 21.4. The van der Waals surface area contributed by atoms with E-state index < -0.39 is 6.04 Å². The maximum absolute atomic E-state index is 13.9. The Hall–Kier alpha value is -4.47. The lowest BCUT2D eigenvalue weighted by Gasteiger charge is -2.30. The molecule has 2 aromatic heterocycles. The molecule has 1 atom stereocenters. The molecule has 38 heavy (non-hydrogen) atoms. The zero-order chi connectivity index (χ0) is 26.5. The standard InChI is InChI=1S/C28H30N6O4/c1-19-9-13-22(14-10-19)34(26(24-8-5-17-38-24)28(36)29-21-6-3-4-7-21)25(35)18-33-31-27(30-32-33)20-11-15-23(37-2)16-12-20/h5,8-17,21,26H,3-4,6-7,18H2,1-2H3,(H,29,36). The van der Waals surface area contributed by atoms with Gasteiger partial charge >= 0.3 is 0 Å². The molecule has 1 unspecified atom stereocenters. The topological polar surface area (TPSA) is 115 Å². The van der Waals surface area contributed by atoms with Crippen LogP contribution in [-0.2, 0) is 16.1 Å². The summed E-state index contributed by atoms with van der Waals surface area (Å²) in [7, 11) is 1.60. The Morgan fingerprint density at radius 3 is 2.50 bits per heavy atom. The highest BCUT2D eigenvalue weighted by molar-refractivity contribution is 6.01. The summed E-state index contributed by atoms with van der Waals surface area (Å²) >= 11 is 0. The van der Waals surface area contributed by atoms with E-state index in [1.165, 1.54) is 16.0 Å². The molecule has 2 heterocycles. The number of hydrogen-bond acceptors (Lipinski definition) is 7. The summed E-state index contributed by atoms with van der Waals surface area (Å²) in [4.78, 5) is 30.2. The average molecular weight is 515 g/mol. The van der Waals surface area contributed by atoms with Crippen LogP contribution >= 0.6 is 0 Å². The van der Waals surface area contributed by atoms with Gasteiger partial charge in [-0.2, -0.15) is 4.80 Å². The van der Waals surface area contributed by atoms with Crippen LogP contribution < -0.4 is 15.0 Å². The van der Waals surface area contributed by atoms with Crippen LogP contribution in [0.5, 0.6) is 5.75 Å². The molecule has 2 amide bonds. The lowest BCUT2D eigenvalue weighted by molar-refractivity contribution is -0.128. The van der Waals surface area contributed by atoms with Gasteiger partial charge in [0.2, 0.25) is 5.82 Å². The quantitative estimate of drug-likeness (QED) is 0.358. The van der Waals surface area contributed by atoms with E-state index in [0.29, 0.717) is 23.0 Å². The van der Waals surface area contributed by atoms with E-state index in [1.54, 1.807) is 31.4 Å². The van der Waals surface area contributed by atoms with Gasteiger partial charge in [0.1, 0.15) is 18.1 Å². The first-order valence-corrected chi connectivity index (χ1v) is 12.7. The molecule has 0 bridgehead atoms. The van der Waals surface area contributed by atoms with Gasteiger partial charge in [0.15, 0.2) is 6.04 Å². The summed E-state index contributed by atoms with van der Waals surface area (Å²) in [6.45, 7) is 1.75. The van der Waals surface area contributed by atoms with Crippen LogP contribution in [0.4, 0.5) is 5.69 Å². The Morgan fingerprint density at radius 2 is 1.84 bits per heavy atom. The van der Waals surface area contributed by atoms with Gasteiger partial charge in [-0.25, -0.2) is 0 Å². The summed E-state index contributed by atoms with van der Waals surface area (Å²) in [5.74, 6) is 0.801. The monoisotopic (exact) mass is 514 g/mol. The van der Waals surface area contributed by atoms with Gasteiger partial charge < -0.3 is 14.5 Å². The number of carbonyl (C=O) groups is 2. The van der Waals surface area contributed by atoms with Crippen molar-refractivity contribution in [2.45, 2.75) is 51.2 Å². The number of nitrogens with one attached hydrogen (secondary N) is 1. The molecule has 196 valence electrons. The Kier molecular flexibility index (Phi) is 7.48. The molecule has 4 aromatic rings. The number of furan rings is 1. The third-order valence-electron chi connectivity index (χ3n) is 6.68. The fourth-order valence-electron chi connectivity index (χ4n) is 4.68. The fourth-order valence-corrected chi connectivity index (χ4v) is 4.68. The maximum Gasteiger partial charge on any atom is 0.251 e. The Morgan fingerprint density at radius 1 is 1.11 bits per heavy atom. The number of tetrazole rings is 1. The number of nitrogens with zero attached hydrogens (tertiary/aromatic N) is 5. The number of methoxy groups -OCH3 is 1. The molecule has 1 aliphatic carbocycles. The van der Waals surface area contributed by atoms with E-state index in [2.05, 4.69) is 20.7 Å². The van der Waals surface area contributed by atoms with Gasteiger partial charge in [0.25, 0.3) is 11.8 Å². The molecule has 2 aromatic carbocycles. The Bertz CT molecular complexity index is 1360. The third kappa shape index (κ3) is 5.59. The van der Waals surface area contributed by atoms with Crippen LogP contribution in [0, 0.1) is 6.92 Å². The second-order valence-corrected chi connectivity index (χ2v) is 9.38. The summed E-state index contributed by atoms with van der Waals surface area (Å²) in [6.07, 6.45) is 5.50. The number of benzene rings is 2. The highest BCUT2D eigenvalue weighted by Gasteiger charge is 2.36. The molecule has 10 nitrogen and oxygen atoms in total. The molecule has 1 N–H and O–H groups in total. The SMILES string of the molecule is COc1ccc(-c2nnn(CC(=O)N(c3ccc(C)cc3)C(C(=O)NC3CCCC3)c3ccco3)n2)cc1. The molecular formula is C28H30N6O4. The second kappa shape index (κ2) is 11.3. The molecule has 0 spiro atoms. The Labute approximate surface area is 220 Å². The Balaban J connectivity index is 1.45. The largest absolute Gasteiger partial charge is 0.497 e. The average Bonchev–Trinajstić information content (AvgIpc) is 3.72. The minimum atomic E-state index is -0.995. The lowest BCUT2D eigenvalue weighted by Crippen LogP contribution is -2.47. The number of hydrogen-bond donors (Lipinski definition) is 1. The van der Waals surface area contributed by atoms with Gasteiger partial charge in [-0.1, -0.05) is 30.5 Å². The van der Waals surface area contributed by atoms with Crippen molar-refractivity contribution in [2.24, 2.45) is 0 Å². The zero-order valence-corrected chi connectivity index (χ0v) is 21.4. The minimum Gasteiger partial charge on any atom is -0.497 e. The van der Waals surface area contributed by atoms with Crippen LogP contribution in [-0.4, -0.2) is 45.2 Å². The van der Waals surface area contributed by atoms with Crippen LogP contribution in [0.15, 0.2) is 71.3 Å². The molecule has 1 fully saturated rings. The van der Waals surface area contributed by atoms with Crippen molar-refractivity contribution >= 4 is 17.5 Å². The van der Waals surface area contributed by atoms with Crippen molar-refractivity contribution in [1.82, 2.24) is 25.5 Å². The number of aromatic nitrogens is 4. The minimum absolute atomic E-state index is 0.0824. The fraction of sp³-hybridized carbons (Fsp3) is 0.321. The normalized spacial score (nSPS) is 14.3. The van der Waals surface area contributed by atoms with Crippen LogP contribution in [0.2, 0.25) is 0 Å². The lowest BCUT2D eigenvalue weighted by atomic mass is 10.1. The molecular weight excluding hydrogens is 484 g/mol. The first kappa shape index (κ1) is 25.2. The van der Waals surface area contributed by atoms with E-state index in [9.17, 15) is 9.59 Å². The van der Waals surface area contributed by atoms with Gasteiger partial charge in [-0.05, 0) is 73.5 Å². The maximum atomic E-state index is 13.9. The number of aryl methyl sites for hydroxylation is 1. The molecule has 5 rings (SSSR count). The van der Waals surface area contributed by atoms with E-state index in [4.69, 9.17) is 9.15 Å². The third-order valence-corrected chi connectivity index (χ3v) is 6.68. The van der Waals surface area contributed by atoms with Gasteiger partial charge in [-0.3, -0.25) is 14.5 Å². The van der Waals surface area contributed by atoms with Crippen molar-refractivity contribution in [3.63, 3.8) is 0 Å². The van der Waals surface area contributed by atoms with E-state index in [0.717, 1.165) is 36.8 Å². The number of ether oxygens (including phenoxy) is 1. The number of rotatable bonds is 9. The van der Waals surface area contributed by atoms with Crippen LogP contribution in [0.1, 0.15) is 43.0 Å². The summed E-state index contributed by atoms with van der Waals surface area (Å²) in [5, 5.41) is 15.7. The van der Waals surface area contributed by atoms with E-state index >= 15 is 0 Å². The molecule has 0 saturated heterocycles. The predicted octanol–water partition coefficient (Wildman–Crippen LogP) is 4.08. The van der Waals surface area contributed by atoms with Gasteiger partial charge in [0, 0.05) is 17.3 Å². The molecule has 1 saturated carbocycles. The van der Waals surface area contributed by atoms with Gasteiger partial charge in [-0.15, -0.1) is 10.2 Å². The van der Waals surface area contributed by atoms with Crippen LogP contribution in [0.3, 0.4) is 0 Å². The molecule has 1 aliphatic rings. The highest BCUT2D eigenvalue weighted by atomic mass is 16.5. The van der Waals surface area contributed by atoms with Crippen molar-refractivity contribution in [2.75, 3.05) is 12.0 Å². The van der Waals surface area contributed by atoms with E-state index in [1.807, 2.05) is 43.3 Å². The van der Waals surface area contributed by atoms with Crippen molar-refractivity contribution < 1.29 is 18.7 Å². The molecule has 0 aliphatic heterocycles. The first-order chi connectivity index (χ1) is 18.5. The van der Waals surface area contributed by atoms with Crippen molar-refractivity contribution in [3.05, 3.63) is 78.3 Å². The summed E-state index contributed by atoms with van der Waals surface area (Å²) in [6, 6.07) is 17.2. The predicted molar refractivity (Wildman–Crippen MR) is 140 cm³/mol. The smallest absolute Gasteiger partial charge is 0.251 e. The number of amides is 2. The van der Waals surface area contributed by atoms with Crippen molar-refractivity contribution in [1.29, 1.82) is 0 Å². The molecule has 10 heteroatoms. The van der Waals surface area contributed by atoms with Gasteiger partial charge in [0.05, 0.1) is 13.4 Å². The number of carbonyl (C=O) groups excluding carboxylic acids is 2. The first-order valence-electron chi connectivity index (χ1n) is 12.7. The summed E-state index contributed by atoms with van der Waals surface area (Å²) in [5.41, 5.74) is 2.34. The highest BCUT2D eigenvalue weighted by Crippen LogP contribution is 2.30. The summed E-state index contributed by atoms with van der Waals surface area (Å²) < 4.78 is 10.9. The second-order valence-electron chi connectivity index (χ2n) is 9.38. The van der Waals surface area contributed by atoms with Crippen LogP contribution in [0.25, 0.3) is 11.4 Å². The molecule has 0 radical (unpaired) electrons. The van der Waals surface area contributed by atoms with E-state index in [-0.39, 0.29) is 24.4 Å². The van der Waals surface area contributed by atoms with Crippen molar-refractivity contribution in [3.8, 4) is 17.1 Å². The number of anilines is 1.